The number of rotatable bonds is 8. The van der Waals surface area contributed by atoms with Gasteiger partial charge in [-0.15, -0.1) is 0 Å². The van der Waals surface area contributed by atoms with Gasteiger partial charge in [-0.1, -0.05) is 6.92 Å². The van der Waals surface area contributed by atoms with Crippen molar-refractivity contribution in [3.05, 3.63) is 24.3 Å². The van der Waals surface area contributed by atoms with Crippen LogP contribution < -0.4 is 5.32 Å². The Hall–Kier alpha value is -1.11. The second-order valence-corrected chi connectivity index (χ2v) is 6.40. The van der Waals surface area contributed by atoms with E-state index in [-0.39, 0.29) is 11.9 Å². The number of benzene rings is 1. The van der Waals surface area contributed by atoms with Gasteiger partial charge >= 0.3 is 0 Å². The van der Waals surface area contributed by atoms with Crippen LogP contribution in [0.1, 0.15) is 6.92 Å². The molecule has 0 aliphatic carbocycles. The van der Waals surface area contributed by atoms with Gasteiger partial charge in [-0.2, -0.15) is 0 Å². The van der Waals surface area contributed by atoms with Gasteiger partial charge in [0.25, 0.3) is 0 Å². The Balaban J connectivity index is 2.62. The number of ether oxygens (including phenoxy) is 2. The van der Waals surface area contributed by atoms with E-state index in [4.69, 9.17) is 9.47 Å². The first-order chi connectivity index (χ1) is 9.03. The highest BCUT2D eigenvalue weighted by atomic mass is 32.2. The van der Waals surface area contributed by atoms with E-state index < -0.39 is 9.84 Å². The molecule has 1 unspecified atom stereocenters. The van der Waals surface area contributed by atoms with Crippen LogP contribution in [-0.4, -0.2) is 47.6 Å². The van der Waals surface area contributed by atoms with E-state index in [2.05, 4.69) is 5.32 Å². The number of methoxy groups -OCH3 is 2. The Morgan fingerprint density at radius 1 is 1.21 bits per heavy atom. The molecule has 0 bridgehead atoms. The third kappa shape index (κ3) is 4.81. The summed E-state index contributed by atoms with van der Waals surface area (Å²) in [5.41, 5.74) is 0.855. The Morgan fingerprint density at radius 2 is 1.84 bits per heavy atom. The molecule has 0 radical (unpaired) electrons. The first kappa shape index (κ1) is 15.9. The van der Waals surface area contributed by atoms with Gasteiger partial charge in [0, 0.05) is 26.5 Å². The second-order valence-electron chi connectivity index (χ2n) is 4.12. The molecule has 0 amide bonds. The van der Waals surface area contributed by atoms with Crippen LogP contribution in [0, 0.1) is 0 Å². The number of sulfone groups is 1. The minimum atomic E-state index is -3.13. The SMILES string of the molecule is CCS(=O)(=O)c1ccc(NCC(COC)OC)cc1. The zero-order valence-corrected chi connectivity index (χ0v) is 12.4. The van der Waals surface area contributed by atoms with Crippen molar-refractivity contribution in [1.82, 2.24) is 0 Å². The molecule has 0 heterocycles. The summed E-state index contributed by atoms with van der Waals surface area (Å²) in [5.74, 6) is 0.110. The first-order valence-electron chi connectivity index (χ1n) is 6.12. The average Bonchev–Trinajstić information content (AvgIpc) is 2.44. The fourth-order valence-corrected chi connectivity index (χ4v) is 2.46. The highest BCUT2D eigenvalue weighted by Gasteiger charge is 2.11. The van der Waals surface area contributed by atoms with E-state index in [1.165, 1.54) is 0 Å². The van der Waals surface area contributed by atoms with Gasteiger partial charge < -0.3 is 14.8 Å². The zero-order valence-electron chi connectivity index (χ0n) is 11.5. The lowest BCUT2D eigenvalue weighted by Crippen LogP contribution is -2.26. The normalized spacial score (nSPS) is 13.2. The zero-order chi connectivity index (χ0) is 14.3. The Bertz CT molecular complexity index is 470. The van der Waals surface area contributed by atoms with Crippen LogP contribution in [-0.2, 0) is 19.3 Å². The summed E-state index contributed by atoms with van der Waals surface area (Å²) in [6.07, 6.45) is -0.0379. The standard InChI is InChI=1S/C13H21NO4S/c1-4-19(15,16)13-7-5-11(6-8-13)14-9-12(18-3)10-17-2/h5-8,12,14H,4,9-10H2,1-3H3. The maximum absolute atomic E-state index is 11.7. The molecule has 0 aliphatic rings. The summed E-state index contributed by atoms with van der Waals surface area (Å²) in [4.78, 5) is 0.348. The minimum Gasteiger partial charge on any atom is -0.382 e. The Labute approximate surface area is 114 Å². The molecule has 0 spiro atoms. The van der Waals surface area contributed by atoms with Crippen molar-refractivity contribution in [3.8, 4) is 0 Å². The highest BCUT2D eigenvalue weighted by Crippen LogP contribution is 2.15. The van der Waals surface area contributed by atoms with Crippen LogP contribution in [0.4, 0.5) is 5.69 Å². The average molecular weight is 287 g/mol. The van der Waals surface area contributed by atoms with Gasteiger partial charge in [-0.25, -0.2) is 8.42 Å². The summed E-state index contributed by atoms with van der Waals surface area (Å²) < 4.78 is 33.5. The van der Waals surface area contributed by atoms with Crippen molar-refractivity contribution < 1.29 is 17.9 Å². The molecule has 5 nitrogen and oxygen atoms in total. The van der Waals surface area contributed by atoms with E-state index in [0.29, 0.717) is 18.0 Å². The molecule has 19 heavy (non-hydrogen) atoms. The predicted octanol–water partition coefficient (Wildman–Crippen LogP) is 1.55. The molecule has 1 atom stereocenters. The molecule has 1 aromatic rings. The summed E-state index contributed by atoms with van der Waals surface area (Å²) in [7, 11) is 0.117. The van der Waals surface area contributed by atoms with Crippen molar-refractivity contribution in [1.29, 1.82) is 0 Å². The molecule has 0 fully saturated rings. The van der Waals surface area contributed by atoms with Crippen LogP contribution >= 0.6 is 0 Å². The minimum absolute atomic E-state index is 0.0379. The van der Waals surface area contributed by atoms with Crippen LogP contribution in [0.15, 0.2) is 29.2 Å². The summed E-state index contributed by atoms with van der Waals surface area (Å²) >= 11 is 0. The summed E-state index contributed by atoms with van der Waals surface area (Å²) in [6.45, 7) is 2.74. The van der Waals surface area contributed by atoms with E-state index >= 15 is 0 Å². The number of hydrogen-bond acceptors (Lipinski definition) is 5. The quantitative estimate of drug-likeness (QED) is 0.786. The summed E-state index contributed by atoms with van der Waals surface area (Å²) in [5, 5.41) is 3.18. The maximum atomic E-state index is 11.7. The Kier molecular flexibility index (Phi) is 6.27. The largest absolute Gasteiger partial charge is 0.382 e. The molecule has 0 aromatic heterocycles. The van der Waals surface area contributed by atoms with Crippen LogP contribution in [0.25, 0.3) is 0 Å². The van der Waals surface area contributed by atoms with Gasteiger partial charge in [0.1, 0.15) is 0 Å². The van der Waals surface area contributed by atoms with Crippen molar-refractivity contribution in [2.75, 3.05) is 38.4 Å². The van der Waals surface area contributed by atoms with Gasteiger partial charge in [-0.05, 0) is 24.3 Å². The molecular formula is C13H21NO4S. The lowest BCUT2D eigenvalue weighted by atomic mass is 10.3. The van der Waals surface area contributed by atoms with Crippen LogP contribution in [0.5, 0.6) is 0 Å². The molecule has 1 rings (SSSR count). The van der Waals surface area contributed by atoms with Crippen LogP contribution in [0.2, 0.25) is 0 Å². The highest BCUT2D eigenvalue weighted by molar-refractivity contribution is 7.91. The number of hydrogen-bond donors (Lipinski definition) is 1. The van der Waals surface area contributed by atoms with E-state index in [9.17, 15) is 8.42 Å². The molecule has 0 saturated carbocycles. The predicted molar refractivity (Wildman–Crippen MR) is 75.3 cm³/mol. The third-order valence-electron chi connectivity index (χ3n) is 2.81. The maximum Gasteiger partial charge on any atom is 0.178 e. The molecule has 6 heteroatoms. The summed E-state index contributed by atoms with van der Waals surface area (Å²) in [6, 6.07) is 6.72. The van der Waals surface area contributed by atoms with E-state index in [1.807, 2.05) is 0 Å². The third-order valence-corrected chi connectivity index (χ3v) is 4.56. The topological polar surface area (TPSA) is 64.6 Å². The van der Waals surface area contributed by atoms with Crippen molar-refractivity contribution in [2.24, 2.45) is 0 Å². The van der Waals surface area contributed by atoms with Gasteiger partial charge in [0.15, 0.2) is 9.84 Å². The van der Waals surface area contributed by atoms with Gasteiger partial charge in [0.2, 0.25) is 0 Å². The van der Waals surface area contributed by atoms with Crippen molar-refractivity contribution in [2.45, 2.75) is 17.9 Å². The number of nitrogens with one attached hydrogen (secondary N) is 1. The molecule has 108 valence electrons. The lowest BCUT2D eigenvalue weighted by molar-refractivity contribution is 0.0365. The van der Waals surface area contributed by atoms with Crippen LogP contribution in [0.3, 0.4) is 0 Å². The Morgan fingerprint density at radius 3 is 2.32 bits per heavy atom. The second kappa shape index (κ2) is 7.47. The smallest absolute Gasteiger partial charge is 0.178 e. The monoisotopic (exact) mass is 287 g/mol. The molecule has 1 aromatic carbocycles. The molecule has 1 N–H and O–H groups in total. The van der Waals surface area contributed by atoms with Crippen molar-refractivity contribution in [3.63, 3.8) is 0 Å². The van der Waals surface area contributed by atoms with Gasteiger partial charge in [-0.3, -0.25) is 0 Å². The first-order valence-corrected chi connectivity index (χ1v) is 7.77. The fourth-order valence-electron chi connectivity index (χ4n) is 1.57. The molecule has 0 saturated heterocycles. The lowest BCUT2D eigenvalue weighted by Gasteiger charge is -2.16. The molecular weight excluding hydrogens is 266 g/mol. The van der Waals surface area contributed by atoms with E-state index in [0.717, 1.165) is 5.69 Å². The molecule has 0 aliphatic heterocycles. The fraction of sp³-hybridized carbons (Fsp3) is 0.538. The number of anilines is 1. The van der Waals surface area contributed by atoms with Gasteiger partial charge in [0.05, 0.1) is 23.4 Å². The van der Waals surface area contributed by atoms with E-state index in [1.54, 1.807) is 45.4 Å². The van der Waals surface area contributed by atoms with Crippen molar-refractivity contribution >= 4 is 15.5 Å².